The summed E-state index contributed by atoms with van der Waals surface area (Å²) < 4.78 is 4.93. The van der Waals surface area contributed by atoms with Crippen LogP contribution in [0.2, 0.25) is 0 Å². The normalized spacial score (nSPS) is 13.5. The molecule has 0 fully saturated rings. The Balaban J connectivity index is 2.37. The number of amides is 1. The van der Waals surface area contributed by atoms with Crippen LogP contribution in [-0.2, 0) is 14.3 Å². The molecule has 2 aromatic rings. The third-order valence-corrected chi connectivity index (χ3v) is 3.65. The molecule has 0 aliphatic heterocycles. The summed E-state index contributed by atoms with van der Waals surface area (Å²) >= 11 is 0. The standard InChI is InChI=1S/C20H25N3O3/c1-20(2,3)23-18(24)17(15-12-8-9-13-21-15)22-16(19(25)26-4)14-10-6-5-7-11-14/h5-13,16-17,22H,1-4H3,(H,23,24)/t16-,17?/m0/s1. The van der Waals surface area contributed by atoms with E-state index in [0.717, 1.165) is 0 Å². The Kier molecular flexibility index (Phi) is 6.46. The predicted molar refractivity (Wildman–Crippen MR) is 99.2 cm³/mol. The van der Waals surface area contributed by atoms with Gasteiger partial charge >= 0.3 is 5.97 Å². The van der Waals surface area contributed by atoms with Crippen LogP contribution in [0.1, 0.15) is 44.1 Å². The van der Waals surface area contributed by atoms with Gasteiger partial charge in [-0.05, 0) is 38.5 Å². The van der Waals surface area contributed by atoms with Gasteiger partial charge in [0.1, 0.15) is 12.1 Å². The van der Waals surface area contributed by atoms with Gasteiger partial charge in [-0.1, -0.05) is 36.4 Å². The Morgan fingerprint density at radius 2 is 1.65 bits per heavy atom. The number of benzene rings is 1. The number of nitrogens with zero attached hydrogens (tertiary/aromatic N) is 1. The number of carbonyl (C=O) groups excluding carboxylic acids is 2. The maximum absolute atomic E-state index is 12.9. The summed E-state index contributed by atoms with van der Waals surface area (Å²) in [5.74, 6) is -0.735. The molecule has 0 aliphatic rings. The molecule has 1 unspecified atom stereocenters. The summed E-state index contributed by atoms with van der Waals surface area (Å²) in [6.45, 7) is 5.69. The Bertz CT molecular complexity index is 727. The van der Waals surface area contributed by atoms with Crippen LogP contribution in [0.4, 0.5) is 0 Å². The molecule has 1 aromatic carbocycles. The van der Waals surface area contributed by atoms with Crippen molar-refractivity contribution in [1.29, 1.82) is 0 Å². The van der Waals surface area contributed by atoms with Crippen molar-refractivity contribution in [2.24, 2.45) is 0 Å². The number of nitrogens with one attached hydrogen (secondary N) is 2. The van der Waals surface area contributed by atoms with Gasteiger partial charge in [-0.2, -0.15) is 0 Å². The van der Waals surface area contributed by atoms with Crippen LogP contribution in [0.25, 0.3) is 0 Å². The maximum Gasteiger partial charge on any atom is 0.327 e. The van der Waals surface area contributed by atoms with Gasteiger partial charge in [0.2, 0.25) is 5.91 Å². The molecule has 6 heteroatoms. The van der Waals surface area contributed by atoms with Gasteiger partial charge in [0, 0.05) is 11.7 Å². The average Bonchev–Trinajstić information content (AvgIpc) is 2.62. The number of aromatic nitrogens is 1. The largest absolute Gasteiger partial charge is 0.468 e. The second-order valence-corrected chi connectivity index (χ2v) is 6.96. The first-order chi connectivity index (χ1) is 12.3. The molecule has 2 N–H and O–H groups in total. The fourth-order valence-corrected chi connectivity index (χ4v) is 2.51. The van der Waals surface area contributed by atoms with E-state index in [1.54, 1.807) is 24.4 Å². The van der Waals surface area contributed by atoms with Crippen molar-refractivity contribution >= 4 is 11.9 Å². The van der Waals surface area contributed by atoms with E-state index in [0.29, 0.717) is 11.3 Å². The highest BCUT2D eigenvalue weighted by Gasteiger charge is 2.31. The molecule has 0 aliphatic carbocycles. The SMILES string of the molecule is COC(=O)[C@@H](NC(C(=O)NC(C)(C)C)c1ccccn1)c1ccccc1. The highest BCUT2D eigenvalue weighted by Crippen LogP contribution is 2.21. The van der Waals surface area contributed by atoms with Gasteiger partial charge in [-0.25, -0.2) is 4.79 Å². The molecule has 26 heavy (non-hydrogen) atoms. The predicted octanol–water partition coefficient (Wildman–Crippen LogP) is 2.54. The van der Waals surface area contributed by atoms with E-state index in [-0.39, 0.29) is 5.91 Å². The third kappa shape index (κ3) is 5.39. The van der Waals surface area contributed by atoms with Gasteiger partial charge in [0.25, 0.3) is 0 Å². The molecule has 0 saturated heterocycles. The second-order valence-electron chi connectivity index (χ2n) is 6.96. The monoisotopic (exact) mass is 355 g/mol. The first kappa shape index (κ1) is 19.6. The molecule has 1 aromatic heterocycles. The van der Waals surface area contributed by atoms with E-state index in [1.165, 1.54) is 7.11 Å². The number of rotatable bonds is 6. The smallest absolute Gasteiger partial charge is 0.327 e. The molecule has 0 bridgehead atoms. The Morgan fingerprint density at radius 3 is 2.19 bits per heavy atom. The molecule has 2 atom stereocenters. The molecule has 0 radical (unpaired) electrons. The molecule has 0 saturated carbocycles. The highest BCUT2D eigenvalue weighted by molar-refractivity contribution is 5.85. The van der Waals surface area contributed by atoms with Crippen LogP contribution < -0.4 is 10.6 Å². The third-order valence-electron chi connectivity index (χ3n) is 3.65. The van der Waals surface area contributed by atoms with Crippen LogP contribution in [0.15, 0.2) is 54.7 Å². The van der Waals surface area contributed by atoms with Crippen molar-refractivity contribution in [3.8, 4) is 0 Å². The summed E-state index contributed by atoms with van der Waals surface area (Å²) in [7, 11) is 1.32. The highest BCUT2D eigenvalue weighted by atomic mass is 16.5. The zero-order valence-electron chi connectivity index (χ0n) is 15.5. The van der Waals surface area contributed by atoms with Crippen LogP contribution in [0.3, 0.4) is 0 Å². The summed E-state index contributed by atoms with van der Waals surface area (Å²) in [6.07, 6.45) is 1.62. The van der Waals surface area contributed by atoms with E-state index in [1.807, 2.05) is 51.1 Å². The van der Waals surface area contributed by atoms with Crippen molar-refractivity contribution in [1.82, 2.24) is 15.6 Å². The van der Waals surface area contributed by atoms with E-state index in [2.05, 4.69) is 15.6 Å². The minimum atomic E-state index is -0.806. The first-order valence-electron chi connectivity index (χ1n) is 8.43. The van der Waals surface area contributed by atoms with E-state index in [4.69, 9.17) is 4.74 Å². The molecule has 2 rings (SSSR count). The molecule has 6 nitrogen and oxygen atoms in total. The molecule has 138 valence electrons. The van der Waals surface area contributed by atoms with Crippen molar-refractivity contribution in [2.75, 3.05) is 7.11 Å². The van der Waals surface area contributed by atoms with Gasteiger partial charge < -0.3 is 10.1 Å². The number of carbonyl (C=O) groups is 2. The minimum Gasteiger partial charge on any atom is -0.468 e. The Labute approximate surface area is 154 Å². The van der Waals surface area contributed by atoms with Gasteiger partial charge in [0.05, 0.1) is 12.8 Å². The zero-order chi connectivity index (χ0) is 19.2. The number of hydrogen-bond donors (Lipinski definition) is 2. The number of esters is 1. The molecule has 1 amide bonds. The molecular weight excluding hydrogens is 330 g/mol. The summed E-state index contributed by atoms with van der Waals surface area (Å²) in [6, 6.07) is 12.9. The van der Waals surface area contributed by atoms with E-state index in [9.17, 15) is 9.59 Å². The lowest BCUT2D eigenvalue weighted by Gasteiger charge is -2.27. The lowest BCUT2D eigenvalue weighted by Crippen LogP contribution is -2.48. The first-order valence-corrected chi connectivity index (χ1v) is 8.43. The fourth-order valence-electron chi connectivity index (χ4n) is 2.51. The van der Waals surface area contributed by atoms with Crippen molar-refractivity contribution in [2.45, 2.75) is 38.4 Å². The zero-order valence-corrected chi connectivity index (χ0v) is 15.5. The van der Waals surface area contributed by atoms with Gasteiger partial charge in [-0.15, -0.1) is 0 Å². The van der Waals surface area contributed by atoms with Crippen molar-refractivity contribution in [3.05, 3.63) is 66.0 Å². The summed E-state index contributed by atoms with van der Waals surface area (Å²) in [5.41, 5.74) is 0.821. The molecular formula is C20H25N3O3. The van der Waals surface area contributed by atoms with Crippen molar-refractivity contribution < 1.29 is 14.3 Å². The maximum atomic E-state index is 12.9. The fraction of sp³-hybridized carbons (Fsp3) is 0.350. The number of methoxy groups -OCH3 is 1. The van der Waals surface area contributed by atoms with Crippen molar-refractivity contribution in [3.63, 3.8) is 0 Å². The summed E-state index contributed by atoms with van der Waals surface area (Å²) in [4.78, 5) is 29.5. The van der Waals surface area contributed by atoms with Gasteiger partial charge in [-0.3, -0.25) is 15.1 Å². The number of hydrogen-bond acceptors (Lipinski definition) is 5. The lowest BCUT2D eigenvalue weighted by molar-refractivity contribution is -0.143. The van der Waals surface area contributed by atoms with E-state index < -0.39 is 23.6 Å². The summed E-state index contributed by atoms with van der Waals surface area (Å²) in [5, 5.41) is 6.05. The van der Waals surface area contributed by atoms with Crippen LogP contribution in [-0.4, -0.2) is 29.5 Å². The molecule has 1 heterocycles. The molecule has 0 spiro atoms. The lowest BCUT2D eigenvalue weighted by atomic mass is 10.0. The second kappa shape index (κ2) is 8.58. The van der Waals surface area contributed by atoms with Gasteiger partial charge in [0.15, 0.2) is 0 Å². The quantitative estimate of drug-likeness (QED) is 0.779. The average molecular weight is 355 g/mol. The van der Waals surface area contributed by atoms with E-state index >= 15 is 0 Å². The van der Waals surface area contributed by atoms with Crippen LogP contribution in [0.5, 0.6) is 0 Å². The minimum absolute atomic E-state index is 0.263. The van der Waals surface area contributed by atoms with Crippen LogP contribution >= 0.6 is 0 Å². The number of pyridine rings is 1. The van der Waals surface area contributed by atoms with Crippen LogP contribution in [0, 0.1) is 0 Å². The topological polar surface area (TPSA) is 80.3 Å². The number of ether oxygens (including phenoxy) is 1. The Morgan fingerprint density at radius 1 is 1.00 bits per heavy atom. The Hall–Kier alpha value is -2.73.